The summed E-state index contributed by atoms with van der Waals surface area (Å²) in [4.78, 5) is 41.0. The number of nitrogens with zero attached hydrogens (tertiary/aromatic N) is 3. The van der Waals surface area contributed by atoms with Gasteiger partial charge in [0.15, 0.2) is 0 Å². The molecule has 4 aromatic rings. The van der Waals surface area contributed by atoms with Crippen molar-refractivity contribution in [2.45, 2.75) is 19.3 Å². The molecule has 34 heavy (non-hydrogen) atoms. The second-order valence-corrected chi connectivity index (χ2v) is 8.41. The van der Waals surface area contributed by atoms with Gasteiger partial charge in [0, 0.05) is 34.5 Å². The zero-order chi connectivity index (χ0) is 24.6. The molecular formula is C22H16F3N3O5S. The first-order valence-electron chi connectivity index (χ1n) is 9.73. The number of carboxylic acid groups (broad SMARTS) is 1. The van der Waals surface area contributed by atoms with Crippen molar-refractivity contribution in [2.75, 3.05) is 7.11 Å². The highest BCUT2D eigenvalue weighted by Gasteiger charge is 2.29. The van der Waals surface area contributed by atoms with E-state index in [1.165, 1.54) is 42.8 Å². The van der Waals surface area contributed by atoms with Gasteiger partial charge in [-0.1, -0.05) is 0 Å². The second-order valence-electron chi connectivity index (χ2n) is 7.27. The molecule has 4 rings (SSSR count). The predicted molar refractivity (Wildman–Crippen MR) is 119 cm³/mol. The number of halogens is 3. The van der Waals surface area contributed by atoms with Crippen molar-refractivity contribution in [3.63, 3.8) is 0 Å². The Hall–Kier alpha value is -3.93. The first-order chi connectivity index (χ1) is 16.1. The van der Waals surface area contributed by atoms with Crippen molar-refractivity contribution in [1.82, 2.24) is 14.1 Å². The average molecular weight is 491 g/mol. The zero-order valence-corrected chi connectivity index (χ0v) is 18.3. The SMILES string of the molecule is COc1ccc(C(=O)O)cc1-c1ccnc2cc(Cn3c(=O)ccn(CC(F)(F)F)c3=O)sc12. The Kier molecular flexibility index (Phi) is 6.00. The number of pyridine rings is 1. The minimum atomic E-state index is -4.62. The number of rotatable bonds is 6. The lowest BCUT2D eigenvalue weighted by molar-refractivity contribution is -0.141. The zero-order valence-electron chi connectivity index (χ0n) is 17.5. The lowest BCUT2D eigenvalue weighted by Crippen LogP contribution is -2.41. The van der Waals surface area contributed by atoms with Gasteiger partial charge in [-0.05, 0) is 30.3 Å². The van der Waals surface area contributed by atoms with Crippen LogP contribution in [-0.2, 0) is 13.1 Å². The highest BCUT2D eigenvalue weighted by Crippen LogP contribution is 2.38. The summed E-state index contributed by atoms with van der Waals surface area (Å²) in [5, 5.41) is 9.36. The third-order valence-corrected chi connectivity index (χ3v) is 6.15. The smallest absolute Gasteiger partial charge is 0.406 e. The molecule has 176 valence electrons. The summed E-state index contributed by atoms with van der Waals surface area (Å²) in [5.74, 6) is -0.679. The van der Waals surface area contributed by atoms with Gasteiger partial charge < -0.3 is 9.84 Å². The van der Waals surface area contributed by atoms with E-state index in [9.17, 15) is 32.7 Å². The van der Waals surface area contributed by atoms with E-state index in [4.69, 9.17) is 4.74 Å². The van der Waals surface area contributed by atoms with Crippen LogP contribution in [0.25, 0.3) is 21.3 Å². The summed E-state index contributed by atoms with van der Waals surface area (Å²) in [6.07, 6.45) is -2.28. The van der Waals surface area contributed by atoms with Gasteiger partial charge in [0.05, 0.1) is 29.4 Å². The number of carboxylic acids is 1. The Balaban J connectivity index is 1.80. The Morgan fingerprint density at radius 1 is 1.15 bits per heavy atom. The molecule has 0 aliphatic rings. The van der Waals surface area contributed by atoms with Crippen molar-refractivity contribution >= 4 is 27.5 Å². The number of hydrogen-bond donors (Lipinski definition) is 1. The number of ether oxygens (including phenoxy) is 1. The van der Waals surface area contributed by atoms with Crippen molar-refractivity contribution in [1.29, 1.82) is 0 Å². The number of aromatic nitrogens is 3. The van der Waals surface area contributed by atoms with Crippen LogP contribution in [0.2, 0.25) is 0 Å². The van der Waals surface area contributed by atoms with E-state index in [-0.39, 0.29) is 12.1 Å². The normalized spacial score (nSPS) is 11.6. The maximum absolute atomic E-state index is 12.8. The Morgan fingerprint density at radius 2 is 1.91 bits per heavy atom. The standard InChI is InChI=1S/C22H16F3N3O5S/c1-33-17-3-2-12(20(30)31)8-15(17)14-4-6-26-16-9-13(34-19(14)16)10-28-18(29)5-7-27(21(28)32)11-22(23,24)25/h2-9H,10-11H2,1H3,(H,30,31). The minimum Gasteiger partial charge on any atom is -0.496 e. The molecule has 0 saturated heterocycles. The first kappa shape index (κ1) is 23.2. The molecule has 0 bridgehead atoms. The number of fused-ring (bicyclic) bond motifs is 1. The summed E-state index contributed by atoms with van der Waals surface area (Å²) >= 11 is 1.19. The predicted octanol–water partition coefficient (Wildman–Crippen LogP) is 3.60. The summed E-state index contributed by atoms with van der Waals surface area (Å²) in [6, 6.07) is 8.63. The highest BCUT2D eigenvalue weighted by molar-refractivity contribution is 7.19. The summed E-state index contributed by atoms with van der Waals surface area (Å²) in [6.45, 7) is -1.76. The number of thiophene rings is 1. The van der Waals surface area contributed by atoms with Gasteiger partial charge in [-0.25, -0.2) is 9.59 Å². The van der Waals surface area contributed by atoms with Gasteiger partial charge in [0.2, 0.25) is 0 Å². The molecule has 0 amide bonds. The quantitative estimate of drug-likeness (QED) is 0.442. The third kappa shape index (κ3) is 4.57. The van der Waals surface area contributed by atoms with E-state index in [1.807, 2.05) is 0 Å². The molecular weight excluding hydrogens is 475 g/mol. The topological polar surface area (TPSA) is 103 Å². The molecule has 0 aliphatic heterocycles. The largest absolute Gasteiger partial charge is 0.496 e. The first-order valence-corrected chi connectivity index (χ1v) is 10.5. The Morgan fingerprint density at radius 3 is 2.59 bits per heavy atom. The van der Waals surface area contributed by atoms with Crippen LogP contribution in [0.5, 0.6) is 5.75 Å². The molecule has 0 unspecified atom stereocenters. The van der Waals surface area contributed by atoms with Gasteiger partial charge in [0.1, 0.15) is 12.3 Å². The number of alkyl halides is 3. The molecule has 0 saturated carbocycles. The van der Waals surface area contributed by atoms with Gasteiger partial charge in [-0.3, -0.25) is 18.9 Å². The number of methoxy groups -OCH3 is 1. The third-order valence-electron chi connectivity index (χ3n) is 5.00. The monoisotopic (exact) mass is 491 g/mol. The maximum Gasteiger partial charge on any atom is 0.406 e. The van der Waals surface area contributed by atoms with Crippen LogP contribution < -0.4 is 16.0 Å². The number of benzene rings is 1. The molecule has 3 aromatic heterocycles. The molecule has 0 radical (unpaired) electrons. The van der Waals surface area contributed by atoms with E-state index < -0.39 is 29.9 Å². The van der Waals surface area contributed by atoms with Gasteiger partial charge in [0.25, 0.3) is 5.56 Å². The summed E-state index contributed by atoms with van der Waals surface area (Å²) in [5.41, 5.74) is -0.113. The average Bonchev–Trinajstić information content (AvgIpc) is 3.20. The van der Waals surface area contributed by atoms with E-state index in [1.54, 1.807) is 12.1 Å². The number of hydrogen-bond acceptors (Lipinski definition) is 6. The molecule has 1 N–H and O–H groups in total. The molecule has 8 nitrogen and oxygen atoms in total. The van der Waals surface area contributed by atoms with Crippen LogP contribution >= 0.6 is 11.3 Å². The summed E-state index contributed by atoms with van der Waals surface area (Å²) in [7, 11) is 1.45. The van der Waals surface area contributed by atoms with Crippen LogP contribution in [0.4, 0.5) is 13.2 Å². The fraction of sp³-hybridized carbons (Fsp3) is 0.182. The van der Waals surface area contributed by atoms with Crippen LogP contribution in [0, 0.1) is 0 Å². The second kappa shape index (κ2) is 8.78. The van der Waals surface area contributed by atoms with Crippen molar-refractivity contribution in [3.05, 3.63) is 80.1 Å². The van der Waals surface area contributed by atoms with Crippen LogP contribution in [-0.4, -0.2) is 38.5 Å². The minimum absolute atomic E-state index is 0.0543. The molecule has 12 heteroatoms. The molecule has 1 aromatic carbocycles. The van der Waals surface area contributed by atoms with Gasteiger partial charge >= 0.3 is 17.8 Å². The van der Waals surface area contributed by atoms with E-state index in [0.29, 0.717) is 36.5 Å². The van der Waals surface area contributed by atoms with Crippen molar-refractivity contribution < 1.29 is 27.8 Å². The molecule has 0 spiro atoms. The van der Waals surface area contributed by atoms with Gasteiger partial charge in [-0.15, -0.1) is 11.3 Å². The van der Waals surface area contributed by atoms with Crippen molar-refractivity contribution in [2.24, 2.45) is 0 Å². The Labute approximate surface area is 193 Å². The molecule has 3 heterocycles. The fourth-order valence-electron chi connectivity index (χ4n) is 3.50. The summed E-state index contributed by atoms with van der Waals surface area (Å²) < 4.78 is 45.5. The van der Waals surface area contributed by atoms with Crippen LogP contribution in [0.15, 0.2) is 58.4 Å². The molecule has 0 atom stereocenters. The Bertz CT molecular complexity index is 1520. The van der Waals surface area contributed by atoms with Crippen LogP contribution in [0.1, 0.15) is 15.2 Å². The maximum atomic E-state index is 12.8. The molecule has 0 aliphatic carbocycles. The highest BCUT2D eigenvalue weighted by atomic mass is 32.1. The van der Waals surface area contributed by atoms with E-state index in [0.717, 1.165) is 16.8 Å². The lowest BCUT2D eigenvalue weighted by Gasteiger charge is -2.11. The van der Waals surface area contributed by atoms with E-state index in [2.05, 4.69) is 4.98 Å². The molecule has 0 fully saturated rings. The lowest BCUT2D eigenvalue weighted by atomic mass is 10.0. The number of aromatic carboxylic acids is 1. The number of carbonyl (C=O) groups is 1. The van der Waals surface area contributed by atoms with Gasteiger partial charge in [-0.2, -0.15) is 13.2 Å². The fourth-order valence-corrected chi connectivity index (χ4v) is 4.63. The van der Waals surface area contributed by atoms with Crippen LogP contribution in [0.3, 0.4) is 0 Å². The van der Waals surface area contributed by atoms with E-state index >= 15 is 0 Å². The van der Waals surface area contributed by atoms with Crippen molar-refractivity contribution in [3.8, 4) is 16.9 Å².